The van der Waals surface area contributed by atoms with Crippen LogP contribution in [0.4, 0.5) is 0 Å². The van der Waals surface area contributed by atoms with Crippen LogP contribution in [0.5, 0.6) is 0 Å². The lowest BCUT2D eigenvalue weighted by molar-refractivity contribution is 0.443. The number of rotatable bonds is 8. The molecule has 1 atom stereocenters. The van der Waals surface area contributed by atoms with E-state index in [0.29, 0.717) is 6.04 Å². The highest BCUT2D eigenvalue weighted by atomic mass is 15.3. The monoisotopic (exact) mass is 209 g/mol. The lowest BCUT2D eigenvalue weighted by Crippen LogP contribution is -2.31. The van der Waals surface area contributed by atoms with E-state index in [1.165, 1.54) is 25.7 Å². The number of nitrogens with one attached hydrogen (secondary N) is 1. The van der Waals surface area contributed by atoms with E-state index in [2.05, 4.69) is 24.3 Å². The molecular weight excluding hydrogens is 186 g/mol. The van der Waals surface area contributed by atoms with E-state index < -0.39 is 0 Å². The van der Waals surface area contributed by atoms with Gasteiger partial charge in [-0.3, -0.25) is 4.68 Å². The highest BCUT2D eigenvalue weighted by molar-refractivity contribution is 4.78. The molecule has 0 aliphatic rings. The maximum Gasteiger partial charge on any atom is 0.0559 e. The van der Waals surface area contributed by atoms with Crippen LogP contribution in [0.3, 0.4) is 0 Å². The molecule has 0 aliphatic heterocycles. The van der Waals surface area contributed by atoms with Crippen LogP contribution in [0.1, 0.15) is 39.5 Å². The second-order valence-electron chi connectivity index (χ2n) is 4.14. The van der Waals surface area contributed by atoms with Crippen LogP contribution in [0.2, 0.25) is 0 Å². The zero-order valence-electron chi connectivity index (χ0n) is 9.95. The zero-order chi connectivity index (χ0) is 10.9. The van der Waals surface area contributed by atoms with Crippen molar-refractivity contribution in [1.82, 2.24) is 15.1 Å². The summed E-state index contributed by atoms with van der Waals surface area (Å²) in [5.41, 5.74) is 0. The summed E-state index contributed by atoms with van der Waals surface area (Å²) in [6.07, 6.45) is 9.14. The van der Waals surface area contributed by atoms with Crippen LogP contribution in [0, 0.1) is 0 Å². The Morgan fingerprint density at radius 2 is 2.20 bits per heavy atom. The molecule has 0 fully saturated rings. The standard InChI is InChI=1S/C12H23N3/c1-3-4-5-6-8-13-12(2)11-15-10-7-9-14-15/h7,9-10,12-13H,3-6,8,11H2,1-2H3. The quantitative estimate of drug-likeness (QED) is 0.666. The number of hydrogen-bond acceptors (Lipinski definition) is 2. The minimum atomic E-state index is 0.506. The molecule has 1 unspecified atom stereocenters. The number of nitrogens with zero attached hydrogens (tertiary/aromatic N) is 2. The first kappa shape index (κ1) is 12.2. The number of aromatic nitrogens is 2. The minimum Gasteiger partial charge on any atom is -0.312 e. The summed E-state index contributed by atoms with van der Waals surface area (Å²) in [5, 5.41) is 7.71. The van der Waals surface area contributed by atoms with E-state index in [1.54, 1.807) is 0 Å². The molecule has 1 rings (SSSR count). The van der Waals surface area contributed by atoms with Crippen LogP contribution in [-0.2, 0) is 6.54 Å². The maximum absolute atomic E-state index is 4.19. The third-order valence-electron chi connectivity index (χ3n) is 2.54. The number of unbranched alkanes of at least 4 members (excludes halogenated alkanes) is 3. The van der Waals surface area contributed by atoms with Crippen molar-refractivity contribution in [1.29, 1.82) is 0 Å². The van der Waals surface area contributed by atoms with E-state index in [-0.39, 0.29) is 0 Å². The average Bonchev–Trinajstić information content (AvgIpc) is 2.70. The molecule has 0 bridgehead atoms. The Morgan fingerprint density at radius 1 is 1.33 bits per heavy atom. The second kappa shape index (κ2) is 7.46. The number of hydrogen-bond donors (Lipinski definition) is 1. The molecule has 0 spiro atoms. The molecule has 0 radical (unpaired) electrons. The molecular formula is C12H23N3. The topological polar surface area (TPSA) is 29.9 Å². The third kappa shape index (κ3) is 5.57. The first-order valence-corrected chi connectivity index (χ1v) is 6.03. The highest BCUT2D eigenvalue weighted by Crippen LogP contribution is 1.98. The Kier molecular flexibility index (Phi) is 6.09. The van der Waals surface area contributed by atoms with Gasteiger partial charge < -0.3 is 5.32 Å². The summed E-state index contributed by atoms with van der Waals surface area (Å²) < 4.78 is 1.98. The van der Waals surface area contributed by atoms with Crippen molar-refractivity contribution in [2.75, 3.05) is 6.54 Å². The fraction of sp³-hybridized carbons (Fsp3) is 0.750. The van der Waals surface area contributed by atoms with Gasteiger partial charge in [-0.05, 0) is 26.0 Å². The summed E-state index contributed by atoms with van der Waals surface area (Å²) in [6.45, 7) is 6.54. The molecule has 1 heterocycles. The Balaban J connectivity index is 2.01. The first-order chi connectivity index (χ1) is 7.33. The molecule has 3 heteroatoms. The largest absolute Gasteiger partial charge is 0.312 e. The molecule has 1 aromatic rings. The third-order valence-corrected chi connectivity index (χ3v) is 2.54. The summed E-state index contributed by atoms with van der Waals surface area (Å²) in [5.74, 6) is 0. The molecule has 0 saturated carbocycles. The normalized spacial score (nSPS) is 12.9. The summed E-state index contributed by atoms with van der Waals surface area (Å²) in [6, 6.07) is 2.47. The van der Waals surface area contributed by atoms with Gasteiger partial charge in [0, 0.05) is 18.4 Å². The van der Waals surface area contributed by atoms with E-state index >= 15 is 0 Å². The van der Waals surface area contributed by atoms with Gasteiger partial charge in [-0.25, -0.2) is 0 Å². The Labute approximate surface area is 92.9 Å². The SMILES string of the molecule is CCCCCCNC(C)Cn1cccn1. The second-order valence-corrected chi connectivity index (χ2v) is 4.14. The van der Waals surface area contributed by atoms with Crippen molar-refractivity contribution < 1.29 is 0 Å². The first-order valence-electron chi connectivity index (χ1n) is 6.03. The van der Waals surface area contributed by atoms with Crippen LogP contribution in [0.15, 0.2) is 18.5 Å². The Bertz CT molecular complexity index is 231. The zero-order valence-corrected chi connectivity index (χ0v) is 9.95. The van der Waals surface area contributed by atoms with Crippen molar-refractivity contribution in [2.24, 2.45) is 0 Å². The van der Waals surface area contributed by atoms with Crippen LogP contribution >= 0.6 is 0 Å². The van der Waals surface area contributed by atoms with Gasteiger partial charge in [0.25, 0.3) is 0 Å². The molecule has 1 N–H and O–H groups in total. The van der Waals surface area contributed by atoms with E-state index in [0.717, 1.165) is 13.1 Å². The van der Waals surface area contributed by atoms with Gasteiger partial charge in [0.15, 0.2) is 0 Å². The van der Waals surface area contributed by atoms with Gasteiger partial charge in [-0.1, -0.05) is 26.2 Å². The van der Waals surface area contributed by atoms with Crippen molar-refractivity contribution in [2.45, 2.75) is 52.1 Å². The predicted molar refractivity (Wildman–Crippen MR) is 63.8 cm³/mol. The molecule has 86 valence electrons. The fourth-order valence-electron chi connectivity index (χ4n) is 1.65. The van der Waals surface area contributed by atoms with E-state index in [9.17, 15) is 0 Å². The van der Waals surface area contributed by atoms with Gasteiger partial charge in [0.05, 0.1) is 6.54 Å². The summed E-state index contributed by atoms with van der Waals surface area (Å²) in [4.78, 5) is 0. The smallest absolute Gasteiger partial charge is 0.0559 e. The fourth-order valence-corrected chi connectivity index (χ4v) is 1.65. The van der Waals surface area contributed by atoms with Crippen molar-refractivity contribution >= 4 is 0 Å². The van der Waals surface area contributed by atoms with Crippen molar-refractivity contribution in [3.8, 4) is 0 Å². The van der Waals surface area contributed by atoms with Crippen molar-refractivity contribution in [3.05, 3.63) is 18.5 Å². The van der Waals surface area contributed by atoms with Gasteiger partial charge in [0.2, 0.25) is 0 Å². The molecule has 3 nitrogen and oxygen atoms in total. The maximum atomic E-state index is 4.19. The van der Waals surface area contributed by atoms with Gasteiger partial charge >= 0.3 is 0 Å². The summed E-state index contributed by atoms with van der Waals surface area (Å²) in [7, 11) is 0. The Morgan fingerprint density at radius 3 is 2.87 bits per heavy atom. The lowest BCUT2D eigenvalue weighted by atomic mass is 10.2. The molecule has 1 aromatic heterocycles. The van der Waals surface area contributed by atoms with Crippen LogP contribution in [-0.4, -0.2) is 22.4 Å². The van der Waals surface area contributed by atoms with Gasteiger partial charge in [-0.2, -0.15) is 5.10 Å². The molecule has 0 saturated heterocycles. The molecule has 0 amide bonds. The summed E-state index contributed by atoms with van der Waals surface area (Å²) >= 11 is 0. The van der Waals surface area contributed by atoms with E-state index in [1.807, 2.05) is 23.1 Å². The minimum absolute atomic E-state index is 0.506. The van der Waals surface area contributed by atoms with Gasteiger partial charge in [0.1, 0.15) is 0 Å². The Hall–Kier alpha value is -0.830. The highest BCUT2D eigenvalue weighted by Gasteiger charge is 2.01. The van der Waals surface area contributed by atoms with E-state index in [4.69, 9.17) is 0 Å². The van der Waals surface area contributed by atoms with Gasteiger partial charge in [-0.15, -0.1) is 0 Å². The van der Waals surface area contributed by atoms with Crippen LogP contribution in [0.25, 0.3) is 0 Å². The molecule has 0 aliphatic carbocycles. The molecule has 0 aromatic carbocycles. The molecule has 15 heavy (non-hydrogen) atoms. The van der Waals surface area contributed by atoms with Crippen LogP contribution < -0.4 is 5.32 Å². The lowest BCUT2D eigenvalue weighted by Gasteiger charge is -2.13. The van der Waals surface area contributed by atoms with Crippen molar-refractivity contribution in [3.63, 3.8) is 0 Å². The predicted octanol–water partition coefficient (Wildman–Crippen LogP) is 2.44. The average molecular weight is 209 g/mol.